The Morgan fingerprint density at radius 2 is 2.00 bits per heavy atom. The molecule has 7 nitrogen and oxygen atoms in total. The van der Waals surface area contributed by atoms with Crippen LogP contribution in [0.1, 0.15) is 49.4 Å². The van der Waals surface area contributed by atoms with Crippen molar-refractivity contribution in [2.45, 2.75) is 53.2 Å². The number of urea groups is 1. The first-order valence-corrected chi connectivity index (χ1v) is 7.53. The number of ether oxygens (including phenoxy) is 1. The predicted molar refractivity (Wildman–Crippen MR) is 81.6 cm³/mol. The first-order chi connectivity index (χ1) is 10.2. The van der Waals surface area contributed by atoms with Crippen molar-refractivity contribution in [3.05, 3.63) is 17.0 Å². The van der Waals surface area contributed by atoms with Crippen molar-refractivity contribution in [2.24, 2.45) is 0 Å². The number of rotatable bonds is 2. The fraction of sp³-hybridized carbons (Fsp3) is 0.667. The molecular formula is C15H24N4O3. The molecule has 2 heterocycles. The van der Waals surface area contributed by atoms with Crippen LogP contribution in [0, 0.1) is 6.92 Å². The van der Waals surface area contributed by atoms with E-state index in [4.69, 9.17) is 4.74 Å². The molecule has 0 unspecified atom stereocenters. The normalized spacial score (nSPS) is 14.5. The second-order valence-corrected chi connectivity index (χ2v) is 6.45. The van der Waals surface area contributed by atoms with Gasteiger partial charge < -0.3 is 15.0 Å². The molecule has 1 aromatic rings. The number of nitrogens with one attached hydrogen (secondary N) is 1. The van der Waals surface area contributed by atoms with E-state index in [2.05, 4.69) is 10.4 Å². The van der Waals surface area contributed by atoms with Gasteiger partial charge in [0.15, 0.2) is 0 Å². The summed E-state index contributed by atoms with van der Waals surface area (Å²) in [6, 6.07) is -0.132. The van der Waals surface area contributed by atoms with Gasteiger partial charge in [0.05, 0.1) is 31.1 Å². The molecule has 0 fully saturated rings. The molecule has 7 heteroatoms. The van der Waals surface area contributed by atoms with Crippen LogP contribution in [0.3, 0.4) is 0 Å². The highest BCUT2D eigenvalue weighted by atomic mass is 16.5. The van der Waals surface area contributed by atoms with Crippen molar-refractivity contribution in [1.82, 2.24) is 20.0 Å². The van der Waals surface area contributed by atoms with Crippen LogP contribution in [0.5, 0.6) is 0 Å². The van der Waals surface area contributed by atoms with Crippen LogP contribution < -0.4 is 5.32 Å². The molecule has 0 bridgehead atoms. The van der Waals surface area contributed by atoms with Gasteiger partial charge >= 0.3 is 12.0 Å². The van der Waals surface area contributed by atoms with Crippen molar-refractivity contribution < 1.29 is 14.3 Å². The Labute approximate surface area is 130 Å². The summed E-state index contributed by atoms with van der Waals surface area (Å²) in [6.07, 6.45) is 0. The lowest BCUT2D eigenvalue weighted by Gasteiger charge is -2.31. The van der Waals surface area contributed by atoms with Gasteiger partial charge in [0.25, 0.3) is 0 Å². The molecule has 22 heavy (non-hydrogen) atoms. The zero-order valence-corrected chi connectivity index (χ0v) is 13.9. The SMILES string of the molecule is CCOC(=O)c1c(C)nn2c1CN(C(=O)NC(C)(C)C)CC2. The highest BCUT2D eigenvalue weighted by Gasteiger charge is 2.30. The van der Waals surface area contributed by atoms with Gasteiger partial charge in [-0.25, -0.2) is 9.59 Å². The number of hydrogen-bond donors (Lipinski definition) is 1. The average Bonchev–Trinajstić information content (AvgIpc) is 2.71. The molecule has 0 aromatic carbocycles. The third-order valence-electron chi connectivity index (χ3n) is 3.40. The molecule has 2 amide bonds. The van der Waals surface area contributed by atoms with Crippen molar-refractivity contribution in [3.63, 3.8) is 0 Å². The number of amides is 2. The van der Waals surface area contributed by atoms with Crippen LogP contribution in [0.2, 0.25) is 0 Å². The second-order valence-electron chi connectivity index (χ2n) is 6.45. The van der Waals surface area contributed by atoms with Gasteiger partial charge in [-0.3, -0.25) is 4.68 Å². The summed E-state index contributed by atoms with van der Waals surface area (Å²) >= 11 is 0. The molecule has 1 aliphatic heterocycles. The van der Waals surface area contributed by atoms with E-state index < -0.39 is 0 Å². The zero-order chi connectivity index (χ0) is 16.5. The van der Waals surface area contributed by atoms with Gasteiger partial charge in [-0.15, -0.1) is 0 Å². The van der Waals surface area contributed by atoms with E-state index in [1.165, 1.54) is 0 Å². The van der Waals surface area contributed by atoms with Crippen molar-refractivity contribution >= 4 is 12.0 Å². The van der Waals surface area contributed by atoms with E-state index in [1.807, 2.05) is 20.8 Å². The molecule has 0 atom stereocenters. The van der Waals surface area contributed by atoms with Gasteiger partial charge in [0.2, 0.25) is 0 Å². The summed E-state index contributed by atoms with van der Waals surface area (Å²) in [5.41, 5.74) is 1.57. The molecule has 0 saturated heterocycles. The summed E-state index contributed by atoms with van der Waals surface area (Å²) in [5.74, 6) is -0.376. The molecule has 0 aliphatic carbocycles. The lowest BCUT2D eigenvalue weighted by Crippen LogP contribution is -2.50. The number of hydrogen-bond acceptors (Lipinski definition) is 4. The highest BCUT2D eigenvalue weighted by Crippen LogP contribution is 2.21. The number of nitrogens with zero attached hydrogens (tertiary/aromatic N) is 3. The maximum absolute atomic E-state index is 12.3. The van der Waals surface area contributed by atoms with Crippen molar-refractivity contribution in [3.8, 4) is 0 Å². The monoisotopic (exact) mass is 308 g/mol. The van der Waals surface area contributed by atoms with Crippen LogP contribution in [0.25, 0.3) is 0 Å². The summed E-state index contributed by atoms with van der Waals surface area (Å²) in [5, 5.41) is 7.32. The number of esters is 1. The maximum Gasteiger partial charge on any atom is 0.341 e. The first-order valence-electron chi connectivity index (χ1n) is 7.53. The van der Waals surface area contributed by atoms with Crippen LogP contribution in [0.15, 0.2) is 0 Å². The Kier molecular flexibility index (Phi) is 4.44. The van der Waals surface area contributed by atoms with Crippen molar-refractivity contribution in [1.29, 1.82) is 0 Å². The summed E-state index contributed by atoms with van der Waals surface area (Å²) < 4.78 is 6.89. The standard InChI is InChI=1S/C15H24N4O3/c1-6-22-13(20)12-10(2)17-19-8-7-18(9-11(12)19)14(21)16-15(3,4)5/h6-9H2,1-5H3,(H,16,21). The lowest BCUT2D eigenvalue weighted by atomic mass is 10.1. The average molecular weight is 308 g/mol. The van der Waals surface area contributed by atoms with Crippen LogP contribution in [-0.4, -0.2) is 45.4 Å². The minimum absolute atomic E-state index is 0.132. The molecule has 1 aromatic heterocycles. The minimum Gasteiger partial charge on any atom is -0.462 e. The largest absolute Gasteiger partial charge is 0.462 e. The Morgan fingerprint density at radius 3 is 2.59 bits per heavy atom. The molecule has 2 rings (SSSR count). The number of carbonyl (C=O) groups is 2. The third kappa shape index (κ3) is 3.40. The number of fused-ring (bicyclic) bond motifs is 1. The van der Waals surface area contributed by atoms with Gasteiger partial charge in [-0.05, 0) is 34.6 Å². The molecule has 0 saturated carbocycles. The van der Waals surface area contributed by atoms with E-state index in [-0.39, 0.29) is 17.5 Å². The summed E-state index contributed by atoms with van der Waals surface area (Å²) in [6.45, 7) is 11.2. The molecule has 1 aliphatic rings. The van der Waals surface area contributed by atoms with Crippen LogP contribution in [0.4, 0.5) is 4.79 Å². The molecule has 0 radical (unpaired) electrons. The molecule has 0 spiro atoms. The Bertz CT molecular complexity index is 586. The predicted octanol–water partition coefficient (Wildman–Crippen LogP) is 1.69. The fourth-order valence-corrected chi connectivity index (χ4v) is 2.49. The number of aryl methyl sites for hydroxylation is 1. The molecular weight excluding hydrogens is 284 g/mol. The van der Waals surface area contributed by atoms with E-state index in [0.717, 1.165) is 5.69 Å². The fourth-order valence-electron chi connectivity index (χ4n) is 2.49. The van der Waals surface area contributed by atoms with E-state index in [9.17, 15) is 9.59 Å². The molecule has 122 valence electrons. The minimum atomic E-state index is -0.376. The Balaban J connectivity index is 2.22. The molecule has 1 N–H and O–H groups in total. The first kappa shape index (κ1) is 16.3. The smallest absolute Gasteiger partial charge is 0.341 e. The summed E-state index contributed by atoms with van der Waals surface area (Å²) in [7, 11) is 0. The van der Waals surface area contributed by atoms with Crippen LogP contribution in [-0.2, 0) is 17.8 Å². The topological polar surface area (TPSA) is 76.5 Å². The third-order valence-corrected chi connectivity index (χ3v) is 3.40. The quantitative estimate of drug-likeness (QED) is 0.844. The van der Waals surface area contributed by atoms with Crippen molar-refractivity contribution in [2.75, 3.05) is 13.2 Å². The van der Waals surface area contributed by atoms with Crippen LogP contribution >= 0.6 is 0 Å². The second kappa shape index (κ2) is 5.98. The number of aromatic nitrogens is 2. The lowest BCUT2D eigenvalue weighted by molar-refractivity contribution is 0.0521. The van der Waals surface area contributed by atoms with E-state index >= 15 is 0 Å². The van der Waals surface area contributed by atoms with Gasteiger partial charge in [0.1, 0.15) is 5.56 Å². The Morgan fingerprint density at radius 1 is 1.32 bits per heavy atom. The van der Waals surface area contributed by atoms with E-state index in [1.54, 1.807) is 23.4 Å². The zero-order valence-electron chi connectivity index (χ0n) is 13.9. The highest BCUT2D eigenvalue weighted by molar-refractivity contribution is 5.92. The Hall–Kier alpha value is -2.05. The van der Waals surface area contributed by atoms with Gasteiger partial charge in [-0.2, -0.15) is 5.10 Å². The van der Waals surface area contributed by atoms with Gasteiger partial charge in [-0.1, -0.05) is 0 Å². The summed E-state index contributed by atoms with van der Waals surface area (Å²) in [4.78, 5) is 26.1. The maximum atomic E-state index is 12.3. The van der Waals surface area contributed by atoms with Gasteiger partial charge in [0, 0.05) is 12.1 Å². The van der Waals surface area contributed by atoms with E-state index in [0.29, 0.717) is 37.5 Å². The number of carbonyl (C=O) groups excluding carboxylic acids is 2.